The quantitative estimate of drug-likeness (QED) is 0.856. The minimum absolute atomic E-state index is 0.451. The molecule has 1 saturated carbocycles. The summed E-state index contributed by atoms with van der Waals surface area (Å²) in [6.45, 7) is 11.1. The van der Waals surface area contributed by atoms with Crippen LogP contribution in [0.5, 0.6) is 0 Å². The lowest BCUT2D eigenvalue weighted by Gasteiger charge is -2.48. The molecule has 1 heterocycles. The molecule has 0 radical (unpaired) electrons. The van der Waals surface area contributed by atoms with E-state index in [1.807, 2.05) is 6.92 Å². The van der Waals surface area contributed by atoms with Gasteiger partial charge in [0.25, 0.3) is 0 Å². The highest BCUT2D eigenvalue weighted by atomic mass is 16.4. The Kier molecular flexibility index (Phi) is 4.48. The van der Waals surface area contributed by atoms with Gasteiger partial charge in [-0.25, -0.2) is 0 Å². The van der Waals surface area contributed by atoms with Gasteiger partial charge in [0.05, 0.1) is 5.41 Å². The number of carboxylic acid groups (broad SMARTS) is 1. The maximum absolute atomic E-state index is 11.5. The SMILES string of the molecule is CCC1(C(=O)O)CCN(C2CCC(C)(C)CC2C)CC1. The van der Waals surface area contributed by atoms with Crippen LogP contribution in [0.15, 0.2) is 0 Å². The molecule has 1 aliphatic carbocycles. The summed E-state index contributed by atoms with van der Waals surface area (Å²) in [6, 6.07) is 0.673. The Labute approximate surface area is 123 Å². The van der Waals surface area contributed by atoms with E-state index >= 15 is 0 Å². The van der Waals surface area contributed by atoms with Crippen molar-refractivity contribution in [2.75, 3.05) is 13.1 Å². The number of carboxylic acids is 1. The Balaban J connectivity index is 1.96. The number of rotatable bonds is 3. The van der Waals surface area contributed by atoms with Crippen LogP contribution in [0.3, 0.4) is 0 Å². The number of likely N-dealkylation sites (tertiary alicyclic amines) is 1. The van der Waals surface area contributed by atoms with Crippen LogP contribution in [0.4, 0.5) is 0 Å². The molecule has 2 unspecified atom stereocenters. The largest absolute Gasteiger partial charge is 0.481 e. The first kappa shape index (κ1) is 15.8. The predicted molar refractivity (Wildman–Crippen MR) is 81.8 cm³/mol. The fourth-order valence-electron chi connectivity index (χ4n) is 4.48. The van der Waals surface area contributed by atoms with Crippen molar-refractivity contribution in [2.24, 2.45) is 16.7 Å². The zero-order valence-corrected chi connectivity index (χ0v) is 13.6. The normalized spacial score (nSPS) is 33.8. The topological polar surface area (TPSA) is 40.5 Å². The van der Waals surface area contributed by atoms with Crippen molar-refractivity contribution in [1.29, 1.82) is 0 Å². The minimum Gasteiger partial charge on any atom is -0.481 e. The fraction of sp³-hybridized carbons (Fsp3) is 0.941. The molecule has 1 aliphatic heterocycles. The van der Waals surface area contributed by atoms with Crippen LogP contribution in [-0.2, 0) is 4.79 Å². The summed E-state index contributed by atoms with van der Waals surface area (Å²) < 4.78 is 0. The molecule has 0 bridgehead atoms. The molecule has 0 spiro atoms. The average molecular weight is 281 g/mol. The number of piperidine rings is 1. The van der Waals surface area contributed by atoms with E-state index in [0.29, 0.717) is 11.5 Å². The fourth-order valence-corrected chi connectivity index (χ4v) is 4.48. The Morgan fingerprint density at radius 2 is 1.85 bits per heavy atom. The Bertz CT molecular complexity index is 356. The Morgan fingerprint density at radius 3 is 2.30 bits per heavy atom. The highest BCUT2D eigenvalue weighted by Crippen LogP contribution is 2.43. The molecule has 1 N–H and O–H groups in total. The summed E-state index contributed by atoms with van der Waals surface area (Å²) in [5, 5.41) is 9.49. The second-order valence-corrected chi connectivity index (χ2v) is 7.93. The zero-order chi connectivity index (χ0) is 15.0. The minimum atomic E-state index is -0.586. The van der Waals surface area contributed by atoms with Gasteiger partial charge < -0.3 is 10.0 Å². The third kappa shape index (κ3) is 3.03. The number of carbonyl (C=O) groups is 1. The van der Waals surface area contributed by atoms with Crippen LogP contribution in [-0.4, -0.2) is 35.1 Å². The van der Waals surface area contributed by atoms with Crippen molar-refractivity contribution >= 4 is 5.97 Å². The summed E-state index contributed by atoms with van der Waals surface area (Å²) in [5.74, 6) is 0.148. The molecular weight excluding hydrogens is 250 g/mol. The molecule has 0 aromatic rings. The van der Waals surface area contributed by atoms with Crippen LogP contribution >= 0.6 is 0 Å². The molecule has 0 aromatic carbocycles. The first-order valence-corrected chi connectivity index (χ1v) is 8.27. The average Bonchev–Trinajstić information content (AvgIpc) is 2.38. The predicted octanol–water partition coefficient (Wildman–Crippen LogP) is 3.78. The van der Waals surface area contributed by atoms with Gasteiger partial charge in [0.2, 0.25) is 0 Å². The van der Waals surface area contributed by atoms with Gasteiger partial charge in [-0.3, -0.25) is 4.79 Å². The molecule has 0 aromatic heterocycles. The standard InChI is InChI=1S/C17H31NO2/c1-5-17(15(19)20)8-10-18(11-9-17)14-6-7-16(3,4)12-13(14)2/h13-14H,5-12H2,1-4H3,(H,19,20). The van der Waals surface area contributed by atoms with E-state index in [2.05, 4.69) is 25.7 Å². The summed E-state index contributed by atoms with van der Waals surface area (Å²) >= 11 is 0. The Morgan fingerprint density at radius 1 is 1.25 bits per heavy atom. The van der Waals surface area contributed by atoms with E-state index in [1.165, 1.54) is 19.3 Å². The van der Waals surface area contributed by atoms with Gasteiger partial charge in [-0.15, -0.1) is 0 Å². The molecule has 2 aliphatic rings. The van der Waals surface area contributed by atoms with Gasteiger partial charge >= 0.3 is 5.97 Å². The summed E-state index contributed by atoms with van der Waals surface area (Å²) in [6.07, 6.45) is 6.29. The van der Waals surface area contributed by atoms with Crippen LogP contribution in [0.1, 0.15) is 66.2 Å². The van der Waals surface area contributed by atoms with Crippen molar-refractivity contribution in [1.82, 2.24) is 4.90 Å². The van der Waals surface area contributed by atoms with E-state index in [-0.39, 0.29) is 0 Å². The number of aliphatic carboxylic acids is 1. The monoisotopic (exact) mass is 281 g/mol. The maximum atomic E-state index is 11.5. The van der Waals surface area contributed by atoms with Gasteiger partial charge in [-0.2, -0.15) is 0 Å². The van der Waals surface area contributed by atoms with Gasteiger partial charge in [0.1, 0.15) is 0 Å². The van der Waals surface area contributed by atoms with E-state index in [4.69, 9.17) is 0 Å². The summed E-state index contributed by atoms with van der Waals surface area (Å²) in [4.78, 5) is 14.1. The van der Waals surface area contributed by atoms with Gasteiger partial charge in [0, 0.05) is 6.04 Å². The molecular formula is C17H31NO2. The second kappa shape index (κ2) is 5.67. The number of nitrogens with zero attached hydrogens (tertiary/aromatic N) is 1. The molecule has 2 rings (SSSR count). The van der Waals surface area contributed by atoms with E-state index in [0.717, 1.165) is 38.3 Å². The molecule has 1 saturated heterocycles. The van der Waals surface area contributed by atoms with Crippen molar-refractivity contribution in [2.45, 2.75) is 72.3 Å². The van der Waals surface area contributed by atoms with E-state index in [9.17, 15) is 9.90 Å². The molecule has 0 amide bonds. The van der Waals surface area contributed by atoms with Crippen molar-refractivity contribution < 1.29 is 9.90 Å². The smallest absolute Gasteiger partial charge is 0.309 e. The third-order valence-electron chi connectivity index (χ3n) is 6.00. The van der Waals surface area contributed by atoms with Crippen molar-refractivity contribution in [3.63, 3.8) is 0 Å². The lowest BCUT2D eigenvalue weighted by Crippen LogP contribution is -2.51. The van der Waals surface area contributed by atoms with Crippen LogP contribution in [0.2, 0.25) is 0 Å². The first-order chi connectivity index (χ1) is 9.30. The molecule has 3 nitrogen and oxygen atoms in total. The molecule has 116 valence electrons. The summed E-state index contributed by atoms with van der Waals surface area (Å²) in [7, 11) is 0. The highest BCUT2D eigenvalue weighted by Gasteiger charge is 2.43. The Hall–Kier alpha value is -0.570. The van der Waals surface area contributed by atoms with Crippen LogP contribution < -0.4 is 0 Å². The van der Waals surface area contributed by atoms with E-state index < -0.39 is 11.4 Å². The molecule has 3 heteroatoms. The second-order valence-electron chi connectivity index (χ2n) is 7.93. The maximum Gasteiger partial charge on any atom is 0.309 e. The lowest BCUT2D eigenvalue weighted by molar-refractivity contribution is -0.153. The van der Waals surface area contributed by atoms with E-state index in [1.54, 1.807) is 0 Å². The van der Waals surface area contributed by atoms with Crippen LogP contribution in [0, 0.1) is 16.7 Å². The first-order valence-electron chi connectivity index (χ1n) is 8.27. The van der Waals surface area contributed by atoms with Crippen LogP contribution in [0.25, 0.3) is 0 Å². The molecule has 2 fully saturated rings. The van der Waals surface area contributed by atoms with Gasteiger partial charge in [0.15, 0.2) is 0 Å². The lowest BCUT2D eigenvalue weighted by atomic mass is 9.69. The van der Waals surface area contributed by atoms with Crippen molar-refractivity contribution in [3.8, 4) is 0 Å². The molecule has 2 atom stereocenters. The summed E-state index contributed by atoms with van der Waals surface area (Å²) in [5.41, 5.74) is 0.0353. The zero-order valence-electron chi connectivity index (χ0n) is 13.6. The van der Waals surface area contributed by atoms with Gasteiger partial charge in [-0.1, -0.05) is 27.7 Å². The van der Waals surface area contributed by atoms with Gasteiger partial charge in [-0.05, 0) is 62.9 Å². The molecule has 20 heavy (non-hydrogen) atoms. The van der Waals surface area contributed by atoms with Crippen molar-refractivity contribution in [3.05, 3.63) is 0 Å². The number of hydrogen-bond acceptors (Lipinski definition) is 2. The highest BCUT2D eigenvalue weighted by molar-refractivity contribution is 5.74. The number of hydrogen-bond donors (Lipinski definition) is 1. The third-order valence-corrected chi connectivity index (χ3v) is 6.00.